The zero-order valence-electron chi connectivity index (χ0n) is 14.4. The van der Waals surface area contributed by atoms with Crippen molar-refractivity contribution >= 4 is 11.9 Å². The van der Waals surface area contributed by atoms with Gasteiger partial charge in [0.25, 0.3) is 5.91 Å². The molecule has 1 heterocycles. The third-order valence-electron chi connectivity index (χ3n) is 3.70. The lowest BCUT2D eigenvalue weighted by molar-refractivity contribution is -0.139. The summed E-state index contributed by atoms with van der Waals surface area (Å²) in [5, 5.41) is 9.53. The van der Waals surface area contributed by atoms with E-state index in [4.69, 9.17) is 25.7 Å². The lowest BCUT2D eigenvalue weighted by Crippen LogP contribution is -2.26. The van der Waals surface area contributed by atoms with Crippen LogP contribution < -0.4 is 16.2 Å². The van der Waals surface area contributed by atoms with Crippen molar-refractivity contribution in [2.75, 3.05) is 13.2 Å². The Morgan fingerprint density at radius 2 is 1.96 bits per heavy atom. The van der Waals surface area contributed by atoms with Crippen molar-refractivity contribution < 1.29 is 23.8 Å². The highest BCUT2D eigenvalue weighted by Gasteiger charge is 2.36. The molecule has 0 aromatic heterocycles. The maximum atomic E-state index is 12.4. The van der Waals surface area contributed by atoms with Crippen LogP contribution in [0.3, 0.4) is 0 Å². The largest absolute Gasteiger partial charge is 0.484 e. The van der Waals surface area contributed by atoms with Gasteiger partial charge in [-0.05, 0) is 31.5 Å². The Hall–Kier alpha value is -3.47. The van der Waals surface area contributed by atoms with Crippen LogP contribution in [-0.2, 0) is 19.1 Å². The van der Waals surface area contributed by atoms with E-state index in [0.29, 0.717) is 17.1 Å². The van der Waals surface area contributed by atoms with Gasteiger partial charge in [-0.15, -0.1) is 0 Å². The summed E-state index contributed by atoms with van der Waals surface area (Å²) >= 11 is 0. The highest BCUT2D eigenvalue weighted by atomic mass is 16.5. The molecule has 1 atom stereocenters. The first-order valence-corrected chi connectivity index (χ1v) is 7.85. The maximum Gasteiger partial charge on any atom is 0.340 e. The third kappa shape index (κ3) is 3.95. The molecule has 0 unspecified atom stereocenters. The lowest BCUT2D eigenvalue weighted by atomic mass is 9.83. The Kier molecular flexibility index (Phi) is 5.86. The Balaban J connectivity index is 2.43. The van der Waals surface area contributed by atoms with Crippen molar-refractivity contribution in [1.82, 2.24) is 0 Å². The first-order chi connectivity index (χ1) is 12.4. The van der Waals surface area contributed by atoms with E-state index in [1.165, 1.54) is 0 Å². The molecule has 0 saturated carbocycles. The lowest BCUT2D eigenvalue weighted by Gasteiger charge is -2.26. The zero-order chi connectivity index (χ0) is 19.3. The normalized spacial score (nSPS) is 16.6. The zero-order valence-corrected chi connectivity index (χ0v) is 14.4. The van der Waals surface area contributed by atoms with E-state index in [1.54, 1.807) is 38.1 Å². The third-order valence-corrected chi connectivity index (χ3v) is 3.70. The van der Waals surface area contributed by atoms with E-state index in [2.05, 4.69) is 6.07 Å². The number of primary amides is 1. The van der Waals surface area contributed by atoms with Gasteiger partial charge in [0.05, 0.1) is 24.2 Å². The van der Waals surface area contributed by atoms with E-state index in [1.807, 2.05) is 0 Å². The molecule has 4 N–H and O–H groups in total. The quantitative estimate of drug-likeness (QED) is 0.729. The molecule has 1 aromatic carbocycles. The number of nitrogens with two attached hydrogens (primary N) is 2. The summed E-state index contributed by atoms with van der Waals surface area (Å²) in [7, 11) is 0. The minimum Gasteiger partial charge on any atom is -0.484 e. The Labute approximate surface area is 150 Å². The summed E-state index contributed by atoms with van der Waals surface area (Å²) < 4.78 is 15.6. The van der Waals surface area contributed by atoms with Crippen LogP contribution in [0.25, 0.3) is 0 Å². The number of ether oxygens (including phenoxy) is 3. The first-order valence-electron chi connectivity index (χ1n) is 7.85. The molecule has 0 radical (unpaired) electrons. The number of carbonyl (C=O) groups is 2. The molecular formula is C18H19N3O5. The molecule has 1 aliphatic rings. The summed E-state index contributed by atoms with van der Waals surface area (Å²) in [6.07, 6.45) is 0. The van der Waals surface area contributed by atoms with Crippen LogP contribution in [0, 0.1) is 11.3 Å². The van der Waals surface area contributed by atoms with Crippen molar-refractivity contribution in [1.29, 1.82) is 5.26 Å². The van der Waals surface area contributed by atoms with Gasteiger partial charge in [-0.3, -0.25) is 4.79 Å². The highest BCUT2D eigenvalue weighted by Crippen LogP contribution is 2.39. The summed E-state index contributed by atoms with van der Waals surface area (Å²) in [5.41, 5.74) is 11.9. The van der Waals surface area contributed by atoms with Gasteiger partial charge in [0, 0.05) is 0 Å². The van der Waals surface area contributed by atoms with Crippen LogP contribution in [0.1, 0.15) is 25.3 Å². The summed E-state index contributed by atoms with van der Waals surface area (Å²) in [6.45, 7) is 3.18. The molecule has 0 spiro atoms. The number of rotatable bonds is 6. The average Bonchev–Trinajstić information content (AvgIpc) is 2.60. The molecule has 0 aliphatic carbocycles. The molecule has 1 aliphatic heterocycles. The van der Waals surface area contributed by atoms with Gasteiger partial charge < -0.3 is 25.7 Å². The van der Waals surface area contributed by atoms with E-state index in [0.717, 1.165) is 0 Å². The molecule has 0 fully saturated rings. The molecule has 1 aromatic rings. The van der Waals surface area contributed by atoms with E-state index in [9.17, 15) is 14.9 Å². The molecule has 136 valence electrons. The van der Waals surface area contributed by atoms with Crippen molar-refractivity contribution in [2.24, 2.45) is 11.5 Å². The molecule has 8 heteroatoms. The smallest absolute Gasteiger partial charge is 0.340 e. The summed E-state index contributed by atoms with van der Waals surface area (Å²) in [5.74, 6) is -1.32. The number of carbonyl (C=O) groups excluding carboxylic acids is 2. The molecular weight excluding hydrogens is 338 g/mol. The number of hydrogen-bond acceptors (Lipinski definition) is 7. The van der Waals surface area contributed by atoms with E-state index < -0.39 is 17.8 Å². The number of hydrogen-bond donors (Lipinski definition) is 2. The number of benzene rings is 1. The number of allylic oxidation sites excluding steroid dienone is 2. The van der Waals surface area contributed by atoms with Crippen molar-refractivity contribution in [3.63, 3.8) is 0 Å². The fourth-order valence-electron chi connectivity index (χ4n) is 2.58. The van der Waals surface area contributed by atoms with Crippen LogP contribution in [0.15, 0.2) is 47.1 Å². The van der Waals surface area contributed by atoms with Gasteiger partial charge in [-0.1, -0.05) is 12.1 Å². The van der Waals surface area contributed by atoms with Gasteiger partial charge in [-0.2, -0.15) is 5.26 Å². The van der Waals surface area contributed by atoms with Gasteiger partial charge in [0.2, 0.25) is 5.88 Å². The highest BCUT2D eigenvalue weighted by molar-refractivity contribution is 5.92. The van der Waals surface area contributed by atoms with Gasteiger partial charge in [-0.25, -0.2) is 4.79 Å². The second-order valence-corrected chi connectivity index (χ2v) is 5.44. The van der Waals surface area contributed by atoms with E-state index >= 15 is 0 Å². The molecule has 0 bridgehead atoms. The maximum absolute atomic E-state index is 12.4. The van der Waals surface area contributed by atoms with Crippen LogP contribution in [-0.4, -0.2) is 25.1 Å². The van der Waals surface area contributed by atoms with Crippen molar-refractivity contribution in [3.05, 3.63) is 52.6 Å². The Morgan fingerprint density at radius 1 is 1.31 bits per heavy atom. The monoisotopic (exact) mass is 357 g/mol. The van der Waals surface area contributed by atoms with E-state index in [-0.39, 0.29) is 30.2 Å². The SMILES string of the molecule is CCOC(=O)C1=C(N)OC(C)=C(C#N)[C@@H]1c1ccc(OCC(N)=O)cc1. The standard InChI is InChI=1S/C18H19N3O5/c1-3-24-18(23)16-15(13(8-19)10(2)26-17(16)21)11-4-6-12(7-5-11)25-9-14(20)22/h4-7,15H,3,9,21H2,1-2H3,(H2,20,22)/t15-/m0/s1. The average molecular weight is 357 g/mol. The first kappa shape index (κ1) is 18.9. The Morgan fingerprint density at radius 3 is 2.50 bits per heavy atom. The van der Waals surface area contributed by atoms with Crippen molar-refractivity contribution in [3.8, 4) is 11.8 Å². The second-order valence-electron chi connectivity index (χ2n) is 5.44. The van der Waals surface area contributed by atoms with Gasteiger partial charge in [0.15, 0.2) is 6.61 Å². The van der Waals surface area contributed by atoms with Gasteiger partial charge in [0.1, 0.15) is 17.1 Å². The van der Waals surface area contributed by atoms with Crippen LogP contribution >= 0.6 is 0 Å². The minimum absolute atomic E-state index is 0.0693. The predicted molar refractivity (Wildman–Crippen MR) is 91.1 cm³/mol. The minimum atomic E-state index is -0.724. The van der Waals surface area contributed by atoms with Crippen LogP contribution in [0.2, 0.25) is 0 Å². The number of amides is 1. The summed E-state index contributed by atoms with van der Waals surface area (Å²) in [4.78, 5) is 23.1. The number of nitrogens with zero attached hydrogens (tertiary/aromatic N) is 1. The molecule has 26 heavy (non-hydrogen) atoms. The van der Waals surface area contributed by atoms with Crippen LogP contribution in [0.4, 0.5) is 0 Å². The van der Waals surface area contributed by atoms with Gasteiger partial charge >= 0.3 is 5.97 Å². The molecule has 2 rings (SSSR count). The van der Waals surface area contributed by atoms with Crippen LogP contribution in [0.5, 0.6) is 5.75 Å². The number of esters is 1. The molecule has 8 nitrogen and oxygen atoms in total. The number of nitriles is 1. The fraction of sp³-hybridized carbons (Fsp3) is 0.278. The topological polar surface area (TPSA) is 138 Å². The second kappa shape index (κ2) is 8.07. The fourth-order valence-corrected chi connectivity index (χ4v) is 2.58. The van der Waals surface area contributed by atoms with Crippen molar-refractivity contribution in [2.45, 2.75) is 19.8 Å². The summed E-state index contributed by atoms with van der Waals surface area (Å²) in [6, 6.07) is 8.63. The Bertz CT molecular complexity index is 818. The predicted octanol–water partition coefficient (Wildman–Crippen LogP) is 1.20. The molecule has 1 amide bonds. The molecule has 0 saturated heterocycles.